The number of aromatic amines is 1. The van der Waals surface area contributed by atoms with Gasteiger partial charge in [-0.15, -0.1) is 0 Å². The maximum absolute atomic E-state index is 7.74. The summed E-state index contributed by atoms with van der Waals surface area (Å²) >= 11 is 0. The first-order chi connectivity index (χ1) is 7.63. The highest BCUT2D eigenvalue weighted by atomic mass is 14.7. The van der Waals surface area contributed by atoms with Crippen molar-refractivity contribution in [2.45, 2.75) is 20.3 Å². The smallest absolute Gasteiger partial charge is 0.0459 e. The molecule has 1 aromatic heterocycles. The molecule has 0 aliphatic carbocycles. The van der Waals surface area contributed by atoms with E-state index in [4.69, 9.17) is 11.1 Å². The monoisotopic (exact) mass is 215 g/mol. The summed E-state index contributed by atoms with van der Waals surface area (Å²) in [4.78, 5) is 3.25. The summed E-state index contributed by atoms with van der Waals surface area (Å²) in [5, 5.41) is 8.93. The molecule has 0 radical (unpaired) electrons. The number of fused-ring (bicyclic) bond motifs is 1. The Kier molecular flexibility index (Phi) is 2.79. The second-order valence-corrected chi connectivity index (χ2v) is 4.19. The molecule has 0 fully saturated rings. The number of benzene rings is 1. The van der Waals surface area contributed by atoms with Crippen LogP contribution < -0.4 is 5.73 Å². The molecule has 2 rings (SSSR count). The number of hydrogen-bond donors (Lipinski definition) is 3. The number of H-pyrrole nitrogens is 1. The first-order valence-corrected chi connectivity index (χ1v) is 5.49. The summed E-state index contributed by atoms with van der Waals surface area (Å²) in [6.45, 7) is 4.51. The lowest BCUT2D eigenvalue weighted by atomic mass is 10.0. The fraction of sp³-hybridized carbons (Fsp3) is 0.308. The molecule has 3 heteroatoms. The average Bonchev–Trinajstić information content (AvgIpc) is 2.60. The molecule has 0 atom stereocenters. The maximum atomic E-state index is 7.74. The third kappa shape index (κ3) is 1.74. The van der Waals surface area contributed by atoms with Crippen molar-refractivity contribution >= 4 is 16.6 Å². The Hall–Kier alpha value is -1.61. The number of aryl methyl sites for hydroxylation is 1. The highest BCUT2D eigenvalue weighted by molar-refractivity contribution is 6.01. The van der Waals surface area contributed by atoms with E-state index >= 15 is 0 Å². The number of aromatic nitrogens is 1. The van der Waals surface area contributed by atoms with E-state index < -0.39 is 0 Å². The van der Waals surface area contributed by atoms with Crippen molar-refractivity contribution in [3.63, 3.8) is 0 Å². The van der Waals surface area contributed by atoms with Gasteiger partial charge in [-0.1, -0.05) is 0 Å². The van der Waals surface area contributed by atoms with Gasteiger partial charge in [0.2, 0.25) is 0 Å². The number of hydrogen-bond acceptors (Lipinski definition) is 2. The fourth-order valence-corrected chi connectivity index (χ4v) is 2.10. The second kappa shape index (κ2) is 4.10. The van der Waals surface area contributed by atoms with Crippen molar-refractivity contribution in [1.29, 1.82) is 5.41 Å². The quantitative estimate of drug-likeness (QED) is 0.676. The molecule has 2 aromatic rings. The van der Waals surface area contributed by atoms with Crippen LogP contribution in [0, 0.1) is 12.3 Å². The molecule has 0 spiro atoms. The highest BCUT2D eigenvalue weighted by Crippen LogP contribution is 2.23. The van der Waals surface area contributed by atoms with Crippen molar-refractivity contribution < 1.29 is 0 Å². The zero-order valence-corrected chi connectivity index (χ0v) is 9.72. The highest BCUT2D eigenvalue weighted by Gasteiger charge is 2.07. The SMILES string of the molecule is CC(=N)c1cc2c(CCN)c[nH]c2cc1C. The minimum atomic E-state index is 0.610. The molecule has 4 N–H and O–H groups in total. The van der Waals surface area contributed by atoms with Gasteiger partial charge in [-0.25, -0.2) is 0 Å². The van der Waals surface area contributed by atoms with Gasteiger partial charge in [0, 0.05) is 22.8 Å². The standard InChI is InChI=1S/C13H17N3/c1-8-5-13-12(6-11(8)9(2)15)10(3-4-14)7-16-13/h5-7,15-16H,3-4,14H2,1-2H3. The van der Waals surface area contributed by atoms with Gasteiger partial charge < -0.3 is 16.1 Å². The topological polar surface area (TPSA) is 65.7 Å². The molecular formula is C13H17N3. The first-order valence-electron chi connectivity index (χ1n) is 5.49. The molecule has 0 bridgehead atoms. The van der Waals surface area contributed by atoms with Crippen LogP contribution in [0.3, 0.4) is 0 Å². The number of nitrogens with one attached hydrogen (secondary N) is 2. The minimum Gasteiger partial charge on any atom is -0.361 e. The van der Waals surface area contributed by atoms with Gasteiger partial charge in [0.1, 0.15) is 0 Å². The Morgan fingerprint density at radius 2 is 2.19 bits per heavy atom. The Morgan fingerprint density at radius 1 is 1.44 bits per heavy atom. The normalized spacial score (nSPS) is 10.9. The molecule has 3 nitrogen and oxygen atoms in total. The predicted octanol–water partition coefficient (Wildman–Crippen LogP) is 2.37. The third-order valence-corrected chi connectivity index (χ3v) is 2.93. The summed E-state index contributed by atoms with van der Waals surface area (Å²) in [6, 6.07) is 4.19. The zero-order valence-electron chi connectivity index (χ0n) is 9.72. The van der Waals surface area contributed by atoms with Crippen molar-refractivity contribution in [3.8, 4) is 0 Å². The van der Waals surface area contributed by atoms with Crippen molar-refractivity contribution in [2.75, 3.05) is 6.54 Å². The predicted molar refractivity (Wildman–Crippen MR) is 68.3 cm³/mol. The fourth-order valence-electron chi connectivity index (χ4n) is 2.10. The Balaban J connectivity index is 2.64. The van der Waals surface area contributed by atoms with Crippen LogP contribution in [-0.4, -0.2) is 17.2 Å². The Morgan fingerprint density at radius 3 is 2.81 bits per heavy atom. The Labute approximate surface area is 95.2 Å². The third-order valence-electron chi connectivity index (χ3n) is 2.93. The molecule has 0 aliphatic heterocycles. The van der Waals surface area contributed by atoms with E-state index in [1.165, 1.54) is 10.9 Å². The number of rotatable bonds is 3. The lowest BCUT2D eigenvalue weighted by Crippen LogP contribution is -2.02. The van der Waals surface area contributed by atoms with Gasteiger partial charge in [-0.2, -0.15) is 0 Å². The summed E-state index contributed by atoms with van der Waals surface area (Å²) in [5.41, 5.74) is 10.7. The van der Waals surface area contributed by atoms with E-state index in [1.807, 2.05) is 20.0 Å². The molecule has 0 saturated heterocycles. The van der Waals surface area contributed by atoms with Gasteiger partial charge >= 0.3 is 0 Å². The van der Waals surface area contributed by atoms with Gasteiger partial charge in [-0.05, 0) is 55.6 Å². The zero-order chi connectivity index (χ0) is 11.7. The molecule has 0 saturated carbocycles. The molecule has 84 valence electrons. The summed E-state index contributed by atoms with van der Waals surface area (Å²) in [5.74, 6) is 0. The van der Waals surface area contributed by atoms with E-state index in [9.17, 15) is 0 Å². The molecule has 0 aliphatic rings. The summed E-state index contributed by atoms with van der Waals surface area (Å²) in [7, 11) is 0. The van der Waals surface area contributed by atoms with Gasteiger partial charge in [0.15, 0.2) is 0 Å². The maximum Gasteiger partial charge on any atom is 0.0459 e. The van der Waals surface area contributed by atoms with Crippen molar-refractivity contribution in [3.05, 3.63) is 35.0 Å². The van der Waals surface area contributed by atoms with Gasteiger partial charge in [0.05, 0.1) is 0 Å². The second-order valence-electron chi connectivity index (χ2n) is 4.19. The van der Waals surface area contributed by atoms with Crippen LogP contribution in [-0.2, 0) is 6.42 Å². The average molecular weight is 215 g/mol. The van der Waals surface area contributed by atoms with Crippen LogP contribution in [0.15, 0.2) is 18.3 Å². The van der Waals surface area contributed by atoms with E-state index in [0.717, 1.165) is 23.1 Å². The van der Waals surface area contributed by atoms with Crippen LogP contribution in [0.4, 0.5) is 0 Å². The lowest BCUT2D eigenvalue weighted by Gasteiger charge is -2.05. The van der Waals surface area contributed by atoms with Crippen LogP contribution in [0.25, 0.3) is 10.9 Å². The van der Waals surface area contributed by atoms with Crippen LogP contribution in [0.2, 0.25) is 0 Å². The molecule has 1 aromatic carbocycles. The summed E-state index contributed by atoms with van der Waals surface area (Å²) in [6.07, 6.45) is 2.89. The van der Waals surface area contributed by atoms with Crippen LogP contribution >= 0.6 is 0 Å². The van der Waals surface area contributed by atoms with Gasteiger partial charge in [-0.3, -0.25) is 0 Å². The molecule has 1 heterocycles. The molecular weight excluding hydrogens is 198 g/mol. The van der Waals surface area contributed by atoms with Crippen molar-refractivity contribution in [1.82, 2.24) is 4.98 Å². The Bertz CT molecular complexity index is 537. The largest absolute Gasteiger partial charge is 0.361 e. The van der Waals surface area contributed by atoms with Crippen molar-refractivity contribution in [2.24, 2.45) is 5.73 Å². The molecule has 16 heavy (non-hydrogen) atoms. The first kappa shape index (κ1) is 10.9. The van der Waals surface area contributed by atoms with Gasteiger partial charge in [0.25, 0.3) is 0 Å². The molecule has 0 unspecified atom stereocenters. The van der Waals surface area contributed by atoms with E-state index in [2.05, 4.69) is 17.1 Å². The minimum absolute atomic E-state index is 0.610. The van der Waals surface area contributed by atoms with Crippen LogP contribution in [0.1, 0.15) is 23.6 Å². The van der Waals surface area contributed by atoms with E-state index in [0.29, 0.717) is 12.3 Å². The summed E-state index contributed by atoms with van der Waals surface area (Å²) < 4.78 is 0. The van der Waals surface area contributed by atoms with E-state index in [-0.39, 0.29) is 0 Å². The lowest BCUT2D eigenvalue weighted by molar-refractivity contribution is 0.976. The van der Waals surface area contributed by atoms with Crippen LogP contribution in [0.5, 0.6) is 0 Å². The number of nitrogens with two attached hydrogens (primary N) is 1. The molecule has 0 amide bonds. The van der Waals surface area contributed by atoms with E-state index in [1.54, 1.807) is 0 Å².